The first kappa shape index (κ1) is 12.5. The smallest absolute Gasteiger partial charge is 0.122 e. The van der Waals surface area contributed by atoms with Crippen molar-refractivity contribution in [3.05, 3.63) is 29.8 Å². The van der Waals surface area contributed by atoms with E-state index in [4.69, 9.17) is 4.74 Å². The summed E-state index contributed by atoms with van der Waals surface area (Å²) in [4.78, 5) is 0.627. The summed E-state index contributed by atoms with van der Waals surface area (Å²) in [5.41, 5.74) is 1.34. The molecule has 0 amide bonds. The van der Waals surface area contributed by atoms with Gasteiger partial charge >= 0.3 is 0 Å². The number of methoxy groups -OCH3 is 1. The van der Waals surface area contributed by atoms with Crippen LogP contribution in [-0.4, -0.2) is 11.9 Å². The Morgan fingerprint density at radius 2 is 1.89 bits per heavy atom. The van der Waals surface area contributed by atoms with Crippen molar-refractivity contribution in [3.63, 3.8) is 0 Å². The molecule has 98 valence electrons. The minimum absolute atomic E-state index is 0.627. The summed E-state index contributed by atoms with van der Waals surface area (Å²) >= 11 is 3.94. The van der Waals surface area contributed by atoms with Crippen LogP contribution in [0, 0.1) is 17.8 Å². The number of hydrogen-bond donors (Lipinski definition) is 0. The third-order valence-electron chi connectivity index (χ3n) is 4.75. The van der Waals surface area contributed by atoms with Crippen LogP contribution in [0.5, 0.6) is 5.75 Å². The second-order valence-corrected chi connectivity index (χ2v) is 6.90. The fourth-order valence-electron chi connectivity index (χ4n) is 3.80. The zero-order valence-electron chi connectivity index (χ0n) is 10.9. The zero-order chi connectivity index (χ0) is 12.5. The van der Waals surface area contributed by atoms with Crippen molar-refractivity contribution in [3.8, 4) is 5.75 Å². The van der Waals surface area contributed by atoms with Crippen LogP contribution >= 0.6 is 15.9 Å². The van der Waals surface area contributed by atoms with Crippen molar-refractivity contribution in [2.24, 2.45) is 17.8 Å². The molecule has 0 saturated heterocycles. The Labute approximate surface area is 118 Å². The lowest BCUT2D eigenvalue weighted by atomic mass is 10.0. The SMILES string of the molecule is COc1ccccc1CC(Br)C1C2CCCCC21. The summed E-state index contributed by atoms with van der Waals surface area (Å²) in [5.74, 6) is 3.97. The molecule has 2 fully saturated rings. The minimum atomic E-state index is 0.627. The topological polar surface area (TPSA) is 9.23 Å². The summed E-state index contributed by atoms with van der Waals surface area (Å²) < 4.78 is 5.44. The second-order valence-electron chi connectivity index (χ2n) is 5.72. The molecule has 3 atom stereocenters. The average molecular weight is 309 g/mol. The van der Waals surface area contributed by atoms with Gasteiger partial charge in [-0.3, -0.25) is 0 Å². The van der Waals surface area contributed by atoms with E-state index < -0.39 is 0 Å². The average Bonchev–Trinajstić information content (AvgIpc) is 3.13. The van der Waals surface area contributed by atoms with E-state index >= 15 is 0 Å². The second kappa shape index (κ2) is 5.24. The molecule has 0 radical (unpaired) electrons. The standard InChI is InChI=1S/C16H21BrO/c1-18-15-9-5-2-6-11(15)10-14(17)16-12-7-3-4-8-13(12)16/h2,5-6,9,12-14,16H,3-4,7-8,10H2,1H3. The Hall–Kier alpha value is -0.500. The van der Waals surface area contributed by atoms with Gasteiger partial charge in [0.1, 0.15) is 5.75 Å². The highest BCUT2D eigenvalue weighted by Crippen LogP contribution is 2.59. The number of halogens is 1. The summed E-state index contributed by atoms with van der Waals surface area (Å²) in [6.07, 6.45) is 6.92. The highest BCUT2D eigenvalue weighted by Gasteiger charge is 2.53. The molecule has 0 heterocycles. The third kappa shape index (κ3) is 2.32. The van der Waals surface area contributed by atoms with Gasteiger partial charge in [0.15, 0.2) is 0 Å². The van der Waals surface area contributed by atoms with Crippen molar-refractivity contribution in [1.82, 2.24) is 0 Å². The number of fused-ring (bicyclic) bond motifs is 1. The lowest BCUT2D eigenvalue weighted by molar-refractivity contribution is 0.408. The fraction of sp³-hybridized carbons (Fsp3) is 0.625. The fourth-order valence-corrected chi connectivity index (χ4v) is 4.93. The molecule has 2 saturated carbocycles. The van der Waals surface area contributed by atoms with Crippen molar-refractivity contribution in [2.45, 2.75) is 36.9 Å². The Bertz CT molecular complexity index is 405. The van der Waals surface area contributed by atoms with Gasteiger partial charge in [-0.25, -0.2) is 0 Å². The van der Waals surface area contributed by atoms with Crippen molar-refractivity contribution >= 4 is 15.9 Å². The Kier molecular flexibility index (Phi) is 3.65. The van der Waals surface area contributed by atoms with Crippen LogP contribution in [0.15, 0.2) is 24.3 Å². The maximum Gasteiger partial charge on any atom is 0.122 e. The van der Waals surface area contributed by atoms with E-state index in [0.29, 0.717) is 4.83 Å². The van der Waals surface area contributed by atoms with Crippen molar-refractivity contribution in [2.75, 3.05) is 7.11 Å². The van der Waals surface area contributed by atoms with Gasteiger partial charge in [0.25, 0.3) is 0 Å². The monoisotopic (exact) mass is 308 g/mol. The van der Waals surface area contributed by atoms with E-state index in [9.17, 15) is 0 Å². The molecule has 18 heavy (non-hydrogen) atoms. The van der Waals surface area contributed by atoms with Crippen molar-refractivity contribution < 1.29 is 4.74 Å². The van der Waals surface area contributed by atoms with Gasteiger partial charge in [0.05, 0.1) is 7.11 Å². The molecule has 0 bridgehead atoms. The van der Waals surface area contributed by atoms with Gasteiger partial charge in [-0.15, -0.1) is 0 Å². The van der Waals surface area contributed by atoms with Crippen LogP contribution in [0.3, 0.4) is 0 Å². The lowest BCUT2D eigenvalue weighted by Crippen LogP contribution is -2.08. The van der Waals surface area contributed by atoms with Gasteiger partial charge in [-0.1, -0.05) is 47.0 Å². The Morgan fingerprint density at radius 1 is 1.22 bits per heavy atom. The minimum Gasteiger partial charge on any atom is -0.496 e. The van der Waals surface area contributed by atoms with E-state index in [1.54, 1.807) is 7.11 Å². The molecule has 3 rings (SSSR count). The van der Waals surface area contributed by atoms with Gasteiger partial charge in [-0.2, -0.15) is 0 Å². The highest BCUT2D eigenvalue weighted by atomic mass is 79.9. The maximum absolute atomic E-state index is 5.44. The normalized spacial score (nSPS) is 31.6. The Morgan fingerprint density at radius 3 is 2.56 bits per heavy atom. The molecule has 3 unspecified atom stereocenters. The summed E-state index contributed by atoms with van der Waals surface area (Å²) in [7, 11) is 1.76. The molecule has 2 heteroatoms. The molecule has 1 aromatic carbocycles. The van der Waals surface area contributed by atoms with E-state index in [0.717, 1.165) is 29.9 Å². The van der Waals surface area contributed by atoms with E-state index in [2.05, 4.69) is 34.1 Å². The number of alkyl halides is 1. The van der Waals surface area contributed by atoms with Crippen LogP contribution in [0.2, 0.25) is 0 Å². The first-order valence-electron chi connectivity index (χ1n) is 7.07. The number of benzene rings is 1. The van der Waals surface area contributed by atoms with Crippen molar-refractivity contribution in [1.29, 1.82) is 0 Å². The molecular weight excluding hydrogens is 288 g/mol. The van der Waals surface area contributed by atoms with Crippen LogP contribution in [0.1, 0.15) is 31.2 Å². The summed E-state index contributed by atoms with van der Waals surface area (Å²) in [6, 6.07) is 8.41. The first-order valence-corrected chi connectivity index (χ1v) is 7.99. The van der Waals surface area contributed by atoms with Gasteiger partial charge in [0.2, 0.25) is 0 Å². The Balaban J connectivity index is 1.66. The van der Waals surface area contributed by atoms with Crippen LogP contribution in [0.25, 0.3) is 0 Å². The quantitative estimate of drug-likeness (QED) is 0.747. The predicted molar refractivity (Wildman–Crippen MR) is 78.4 cm³/mol. The summed E-state index contributed by atoms with van der Waals surface area (Å²) in [6.45, 7) is 0. The van der Waals surface area contributed by atoms with Crippen LogP contribution in [0.4, 0.5) is 0 Å². The van der Waals surface area contributed by atoms with Gasteiger partial charge in [-0.05, 0) is 48.6 Å². The molecular formula is C16H21BrO. The van der Waals surface area contributed by atoms with Gasteiger partial charge in [0, 0.05) is 4.83 Å². The molecule has 2 aliphatic carbocycles. The van der Waals surface area contributed by atoms with Crippen LogP contribution < -0.4 is 4.74 Å². The van der Waals surface area contributed by atoms with Gasteiger partial charge < -0.3 is 4.74 Å². The molecule has 2 aliphatic rings. The zero-order valence-corrected chi connectivity index (χ0v) is 12.5. The number of ether oxygens (including phenoxy) is 1. The molecule has 0 N–H and O–H groups in total. The highest BCUT2D eigenvalue weighted by molar-refractivity contribution is 9.09. The third-order valence-corrected chi connectivity index (χ3v) is 5.68. The molecule has 0 aromatic heterocycles. The first-order chi connectivity index (χ1) is 8.81. The van der Waals surface area contributed by atoms with Crippen LogP contribution in [-0.2, 0) is 6.42 Å². The molecule has 0 spiro atoms. The molecule has 0 aliphatic heterocycles. The predicted octanol–water partition coefficient (Wildman–Crippen LogP) is 4.44. The summed E-state index contributed by atoms with van der Waals surface area (Å²) in [5, 5.41) is 0. The number of hydrogen-bond acceptors (Lipinski definition) is 1. The largest absolute Gasteiger partial charge is 0.496 e. The van der Waals surface area contributed by atoms with E-state index in [1.165, 1.54) is 31.2 Å². The molecule has 1 aromatic rings. The number of rotatable bonds is 4. The lowest BCUT2D eigenvalue weighted by Gasteiger charge is -2.12. The van der Waals surface area contributed by atoms with E-state index in [1.807, 2.05) is 6.07 Å². The number of para-hydroxylation sites is 1. The van der Waals surface area contributed by atoms with E-state index in [-0.39, 0.29) is 0 Å². The maximum atomic E-state index is 5.44. The molecule has 1 nitrogen and oxygen atoms in total.